The first-order valence-electron chi connectivity index (χ1n) is 8.56. The average Bonchev–Trinajstić information content (AvgIpc) is 3.16. The highest BCUT2D eigenvalue weighted by atomic mass is 32.1. The molecule has 0 spiro atoms. The molecule has 0 aliphatic carbocycles. The molecule has 2 aromatic heterocycles. The second kappa shape index (κ2) is 6.42. The number of hydrogen-bond donors (Lipinski definition) is 2. The van der Waals surface area contributed by atoms with Crippen LogP contribution in [0.4, 0.5) is 0 Å². The molecule has 24 heavy (non-hydrogen) atoms. The quantitative estimate of drug-likeness (QED) is 0.456. The molecule has 3 N–H and O–H groups in total. The van der Waals surface area contributed by atoms with E-state index in [9.17, 15) is 0 Å². The Balaban J connectivity index is 1.87. The van der Waals surface area contributed by atoms with Gasteiger partial charge in [-0.2, -0.15) is 0 Å². The van der Waals surface area contributed by atoms with Crippen molar-refractivity contribution < 1.29 is 0 Å². The van der Waals surface area contributed by atoms with Gasteiger partial charge < -0.3 is 10.7 Å². The lowest BCUT2D eigenvalue weighted by molar-refractivity contribution is 0.748. The molecule has 0 amide bonds. The first-order valence-corrected chi connectivity index (χ1v) is 9.38. The van der Waals surface area contributed by atoms with Crippen LogP contribution in [0.1, 0.15) is 24.0 Å². The lowest BCUT2D eigenvalue weighted by Gasteiger charge is -2.03. The Bertz CT molecular complexity index is 961. The number of H-pyrrole nitrogens is 1. The summed E-state index contributed by atoms with van der Waals surface area (Å²) < 4.78 is 1.34. The van der Waals surface area contributed by atoms with E-state index in [2.05, 4.69) is 60.4 Å². The second-order valence-electron chi connectivity index (χ2n) is 6.42. The summed E-state index contributed by atoms with van der Waals surface area (Å²) in [7, 11) is 0. The minimum absolute atomic E-state index is 0.763. The zero-order valence-electron chi connectivity index (χ0n) is 13.9. The number of aromatic nitrogens is 1. The molecule has 0 bridgehead atoms. The molecule has 122 valence electrons. The van der Waals surface area contributed by atoms with Gasteiger partial charge in [0.2, 0.25) is 0 Å². The van der Waals surface area contributed by atoms with Crippen LogP contribution in [0.25, 0.3) is 31.6 Å². The van der Waals surface area contributed by atoms with Crippen LogP contribution in [0.3, 0.4) is 0 Å². The van der Waals surface area contributed by atoms with Crippen molar-refractivity contribution in [1.29, 1.82) is 0 Å². The zero-order chi connectivity index (χ0) is 16.5. The third-order valence-electron chi connectivity index (χ3n) is 4.61. The van der Waals surface area contributed by atoms with Crippen molar-refractivity contribution in [3.63, 3.8) is 0 Å². The molecule has 0 radical (unpaired) electrons. The Morgan fingerprint density at radius 2 is 1.92 bits per heavy atom. The van der Waals surface area contributed by atoms with Crippen molar-refractivity contribution in [1.82, 2.24) is 4.98 Å². The van der Waals surface area contributed by atoms with Crippen LogP contribution >= 0.6 is 11.3 Å². The van der Waals surface area contributed by atoms with Gasteiger partial charge in [-0.1, -0.05) is 29.8 Å². The van der Waals surface area contributed by atoms with Crippen molar-refractivity contribution in [3.8, 4) is 10.6 Å². The van der Waals surface area contributed by atoms with Crippen molar-refractivity contribution >= 4 is 32.3 Å². The molecule has 3 heteroatoms. The Morgan fingerprint density at radius 3 is 2.75 bits per heavy atom. The minimum atomic E-state index is 0.763. The van der Waals surface area contributed by atoms with Crippen LogP contribution in [0.2, 0.25) is 0 Å². The Kier molecular flexibility index (Phi) is 4.13. The maximum Gasteiger partial charge on any atom is 0.0599 e. The number of nitrogens with one attached hydrogen (secondary N) is 1. The highest BCUT2D eigenvalue weighted by Crippen LogP contribution is 2.38. The van der Waals surface area contributed by atoms with Gasteiger partial charge in [-0.25, -0.2) is 0 Å². The smallest absolute Gasteiger partial charge is 0.0599 e. The third kappa shape index (κ3) is 2.74. The summed E-state index contributed by atoms with van der Waals surface area (Å²) in [4.78, 5) is 5.00. The van der Waals surface area contributed by atoms with Crippen molar-refractivity contribution in [2.45, 2.75) is 26.2 Å². The van der Waals surface area contributed by atoms with Gasteiger partial charge in [-0.3, -0.25) is 0 Å². The molecule has 2 heterocycles. The first kappa shape index (κ1) is 15.4. The van der Waals surface area contributed by atoms with E-state index >= 15 is 0 Å². The highest BCUT2D eigenvalue weighted by Gasteiger charge is 2.15. The number of fused-ring (bicyclic) bond motifs is 2. The number of unbranched alkanes of at least 4 members (excludes halogenated alkanes) is 1. The summed E-state index contributed by atoms with van der Waals surface area (Å²) in [5, 5.41) is 2.68. The fourth-order valence-corrected chi connectivity index (χ4v) is 4.47. The summed E-state index contributed by atoms with van der Waals surface area (Å²) >= 11 is 1.87. The van der Waals surface area contributed by atoms with Gasteiger partial charge in [-0.05, 0) is 67.9 Å². The molecule has 0 saturated heterocycles. The van der Waals surface area contributed by atoms with Gasteiger partial charge in [0.05, 0.1) is 10.6 Å². The van der Waals surface area contributed by atoms with Crippen LogP contribution in [-0.4, -0.2) is 11.5 Å². The summed E-state index contributed by atoms with van der Waals surface area (Å²) in [5.41, 5.74) is 11.0. The van der Waals surface area contributed by atoms with Crippen molar-refractivity contribution in [3.05, 3.63) is 59.7 Å². The molecular weight excluding hydrogens is 312 g/mol. The number of benzene rings is 2. The normalized spacial score (nSPS) is 11.6. The number of aromatic amines is 1. The van der Waals surface area contributed by atoms with Crippen LogP contribution in [0, 0.1) is 6.92 Å². The van der Waals surface area contributed by atoms with Crippen LogP contribution < -0.4 is 5.73 Å². The first-order chi connectivity index (χ1) is 11.8. The fraction of sp³-hybridized carbons (Fsp3) is 0.238. The van der Waals surface area contributed by atoms with E-state index in [1.165, 1.54) is 42.7 Å². The summed E-state index contributed by atoms with van der Waals surface area (Å²) in [6.45, 7) is 2.93. The lowest BCUT2D eigenvalue weighted by Crippen LogP contribution is -1.99. The zero-order valence-corrected chi connectivity index (χ0v) is 14.7. The van der Waals surface area contributed by atoms with E-state index in [1.54, 1.807) is 0 Å². The Hall–Kier alpha value is -2.10. The average molecular weight is 334 g/mol. The molecule has 0 fully saturated rings. The SMILES string of the molecule is Cc1ccc2[nH]c(-c3cc4ccccc4s3)c(CCCCN)c2c1. The number of nitrogens with two attached hydrogens (primary N) is 1. The van der Waals surface area contributed by atoms with Gasteiger partial charge >= 0.3 is 0 Å². The van der Waals surface area contributed by atoms with Crippen LogP contribution in [0.5, 0.6) is 0 Å². The number of thiophene rings is 1. The van der Waals surface area contributed by atoms with Gasteiger partial charge in [0.1, 0.15) is 0 Å². The molecule has 0 aliphatic rings. The van der Waals surface area contributed by atoms with E-state index in [-0.39, 0.29) is 0 Å². The third-order valence-corrected chi connectivity index (χ3v) is 5.75. The standard InChI is InChI=1S/C21H22N2S/c1-14-9-10-18-17(12-14)16(7-4-5-11-22)21(23-18)20-13-15-6-2-3-8-19(15)24-20/h2-3,6,8-10,12-13,23H,4-5,7,11,22H2,1H3. The van der Waals surface area contributed by atoms with E-state index in [1.807, 2.05) is 11.3 Å². The largest absolute Gasteiger partial charge is 0.354 e. The van der Waals surface area contributed by atoms with E-state index < -0.39 is 0 Å². The fourth-order valence-electron chi connectivity index (χ4n) is 3.38. The van der Waals surface area contributed by atoms with Gasteiger partial charge in [0.25, 0.3) is 0 Å². The molecule has 4 rings (SSSR count). The molecule has 2 nitrogen and oxygen atoms in total. The summed E-state index contributed by atoms with van der Waals surface area (Å²) in [6.07, 6.45) is 3.28. The molecule has 0 atom stereocenters. The van der Waals surface area contributed by atoms with Crippen LogP contribution in [0.15, 0.2) is 48.5 Å². The van der Waals surface area contributed by atoms with Gasteiger partial charge in [0.15, 0.2) is 0 Å². The lowest BCUT2D eigenvalue weighted by atomic mass is 10.0. The van der Waals surface area contributed by atoms with Gasteiger partial charge in [-0.15, -0.1) is 11.3 Å². The van der Waals surface area contributed by atoms with Crippen molar-refractivity contribution in [2.75, 3.05) is 6.54 Å². The Morgan fingerprint density at radius 1 is 1.04 bits per heavy atom. The molecule has 0 unspecified atom stereocenters. The van der Waals surface area contributed by atoms with E-state index in [4.69, 9.17) is 5.73 Å². The maximum absolute atomic E-state index is 5.70. The van der Waals surface area contributed by atoms with Crippen LogP contribution in [-0.2, 0) is 6.42 Å². The number of rotatable bonds is 5. The van der Waals surface area contributed by atoms with Gasteiger partial charge in [0, 0.05) is 15.6 Å². The molecule has 0 aliphatic heterocycles. The molecule has 4 aromatic rings. The molecule has 0 saturated carbocycles. The Labute approximate surface area is 146 Å². The predicted molar refractivity (Wildman–Crippen MR) is 106 cm³/mol. The highest BCUT2D eigenvalue weighted by molar-refractivity contribution is 7.22. The predicted octanol–water partition coefficient (Wildman–Crippen LogP) is 5.64. The van der Waals surface area contributed by atoms with E-state index in [0.29, 0.717) is 0 Å². The molecule has 2 aromatic carbocycles. The topological polar surface area (TPSA) is 41.8 Å². The second-order valence-corrected chi connectivity index (χ2v) is 7.51. The summed E-state index contributed by atoms with van der Waals surface area (Å²) in [5.74, 6) is 0. The molecular formula is C21H22N2S. The summed E-state index contributed by atoms with van der Waals surface area (Å²) in [6, 6.07) is 17.6. The maximum atomic E-state index is 5.70. The van der Waals surface area contributed by atoms with E-state index in [0.717, 1.165) is 25.8 Å². The number of hydrogen-bond acceptors (Lipinski definition) is 2. The number of aryl methyl sites for hydroxylation is 2. The monoisotopic (exact) mass is 334 g/mol. The minimum Gasteiger partial charge on any atom is -0.354 e. The van der Waals surface area contributed by atoms with Crippen molar-refractivity contribution in [2.24, 2.45) is 5.73 Å².